The van der Waals surface area contributed by atoms with E-state index in [1.54, 1.807) is 25.1 Å². The smallest absolute Gasteiger partial charge is 0.341 e. The Labute approximate surface area is 175 Å². The van der Waals surface area contributed by atoms with E-state index in [0.717, 1.165) is 25.7 Å². The van der Waals surface area contributed by atoms with Crippen LogP contribution >= 0.6 is 0 Å². The molecule has 6 heteroatoms. The third-order valence-corrected chi connectivity index (χ3v) is 4.84. The number of rotatable bonds is 13. The van der Waals surface area contributed by atoms with E-state index in [1.165, 1.54) is 0 Å². The lowest BCUT2D eigenvalue weighted by Crippen LogP contribution is -2.42. The van der Waals surface area contributed by atoms with Gasteiger partial charge in [-0.3, -0.25) is 4.79 Å². The highest BCUT2D eigenvalue weighted by molar-refractivity contribution is 5.99. The number of hydrogen-bond donors (Lipinski definition) is 1. The van der Waals surface area contributed by atoms with Gasteiger partial charge in [-0.05, 0) is 58.7 Å². The van der Waals surface area contributed by atoms with Gasteiger partial charge in [-0.2, -0.15) is 0 Å². The van der Waals surface area contributed by atoms with Gasteiger partial charge >= 0.3 is 5.97 Å². The van der Waals surface area contributed by atoms with Gasteiger partial charge in [0.2, 0.25) is 0 Å². The number of nitrogens with one attached hydrogen (secondary N) is 1. The van der Waals surface area contributed by atoms with Crippen molar-refractivity contribution in [3.63, 3.8) is 0 Å². The molecule has 0 radical (unpaired) electrons. The molecule has 29 heavy (non-hydrogen) atoms. The normalized spacial score (nSPS) is 14.0. The molecule has 1 amide bonds. The van der Waals surface area contributed by atoms with Gasteiger partial charge in [-0.15, -0.1) is 0 Å². The first-order valence-corrected chi connectivity index (χ1v) is 10.7. The van der Waals surface area contributed by atoms with E-state index >= 15 is 0 Å². The molecular weight excluding hydrogens is 370 g/mol. The van der Waals surface area contributed by atoms with Crippen LogP contribution in [-0.4, -0.2) is 36.8 Å². The summed E-state index contributed by atoms with van der Waals surface area (Å²) in [5.41, 5.74) is -0.107. The van der Waals surface area contributed by atoms with Gasteiger partial charge in [-0.1, -0.05) is 33.1 Å². The average Bonchev–Trinajstić information content (AvgIpc) is 2.69. The summed E-state index contributed by atoms with van der Waals surface area (Å²) in [7, 11) is 0. The Kier molecular flexibility index (Phi) is 10.7. The minimum Gasteiger partial charge on any atom is -0.490 e. The van der Waals surface area contributed by atoms with Gasteiger partial charge in [0.15, 0.2) is 0 Å². The molecule has 1 rings (SSSR count). The third-order valence-electron chi connectivity index (χ3n) is 4.84. The van der Waals surface area contributed by atoms with Crippen molar-refractivity contribution in [2.75, 3.05) is 18.5 Å². The molecule has 0 saturated heterocycles. The van der Waals surface area contributed by atoms with E-state index < -0.39 is 11.6 Å². The highest BCUT2D eigenvalue weighted by Crippen LogP contribution is 2.27. The fourth-order valence-corrected chi connectivity index (χ4v) is 2.92. The van der Waals surface area contributed by atoms with E-state index in [-0.39, 0.29) is 18.6 Å². The predicted molar refractivity (Wildman–Crippen MR) is 116 cm³/mol. The Balaban J connectivity index is 3.08. The highest BCUT2D eigenvalue weighted by atomic mass is 16.5. The highest BCUT2D eigenvalue weighted by Gasteiger charge is 2.33. The van der Waals surface area contributed by atoms with Crippen LogP contribution in [0.2, 0.25) is 0 Å². The first kappa shape index (κ1) is 25.0. The van der Waals surface area contributed by atoms with Crippen LogP contribution in [0.1, 0.15) is 84.0 Å². The first-order chi connectivity index (χ1) is 13.8. The summed E-state index contributed by atoms with van der Waals surface area (Å²) in [6.45, 7) is 12.2. The maximum atomic E-state index is 13.0. The Morgan fingerprint density at radius 2 is 1.83 bits per heavy atom. The lowest BCUT2D eigenvalue weighted by Gasteiger charge is -2.28. The van der Waals surface area contributed by atoms with Gasteiger partial charge in [-0.25, -0.2) is 4.79 Å². The monoisotopic (exact) mass is 407 g/mol. The van der Waals surface area contributed by atoms with Gasteiger partial charge in [0.05, 0.1) is 12.7 Å². The zero-order valence-electron chi connectivity index (χ0n) is 18.8. The molecule has 0 saturated carbocycles. The maximum Gasteiger partial charge on any atom is 0.341 e. The SMILES string of the molecule is CCCCCC(C)(OCC)C(=O)Nc1ccc(OC(C)CC)c(C(=O)OCC)c1. The molecule has 2 unspecified atom stereocenters. The van der Waals surface area contributed by atoms with Crippen molar-refractivity contribution in [1.29, 1.82) is 0 Å². The van der Waals surface area contributed by atoms with Crippen LogP contribution < -0.4 is 10.1 Å². The minimum atomic E-state index is -0.917. The van der Waals surface area contributed by atoms with Crippen LogP contribution in [0.25, 0.3) is 0 Å². The van der Waals surface area contributed by atoms with E-state index in [1.807, 2.05) is 27.7 Å². The molecule has 0 aromatic heterocycles. The summed E-state index contributed by atoms with van der Waals surface area (Å²) in [6, 6.07) is 5.03. The van der Waals surface area contributed by atoms with Crippen molar-refractivity contribution in [2.24, 2.45) is 0 Å². The van der Waals surface area contributed by atoms with Crippen molar-refractivity contribution < 1.29 is 23.8 Å². The topological polar surface area (TPSA) is 73.9 Å². The van der Waals surface area contributed by atoms with E-state index in [2.05, 4.69) is 12.2 Å². The van der Waals surface area contributed by atoms with E-state index in [4.69, 9.17) is 14.2 Å². The van der Waals surface area contributed by atoms with E-state index in [9.17, 15) is 9.59 Å². The molecule has 1 N–H and O–H groups in total. The number of amides is 1. The molecule has 1 aromatic rings. The Bertz CT molecular complexity index is 661. The van der Waals surface area contributed by atoms with Crippen LogP contribution in [0.5, 0.6) is 5.75 Å². The lowest BCUT2D eigenvalue weighted by molar-refractivity contribution is -0.139. The van der Waals surface area contributed by atoms with Crippen LogP contribution in [0, 0.1) is 0 Å². The number of carbonyl (C=O) groups is 2. The third kappa shape index (κ3) is 7.69. The molecule has 0 aliphatic heterocycles. The van der Waals surface area contributed by atoms with Crippen molar-refractivity contribution in [3.05, 3.63) is 23.8 Å². The molecule has 2 atom stereocenters. The maximum absolute atomic E-state index is 13.0. The van der Waals surface area contributed by atoms with Crippen LogP contribution in [0.15, 0.2) is 18.2 Å². The number of anilines is 1. The Hall–Kier alpha value is -2.08. The van der Waals surface area contributed by atoms with Crippen LogP contribution in [-0.2, 0) is 14.3 Å². The largest absolute Gasteiger partial charge is 0.490 e. The number of esters is 1. The zero-order chi connectivity index (χ0) is 21.9. The van der Waals surface area contributed by atoms with Gasteiger partial charge in [0, 0.05) is 12.3 Å². The number of ether oxygens (including phenoxy) is 3. The van der Waals surface area contributed by atoms with Crippen LogP contribution in [0.4, 0.5) is 5.69 Å². The second-order valence-corrected chi connectivity index (χ2v) is 7.34. The number of hydrogen-bond acceptors (Lipinski definition) is 5. The van der Waals surface area contributed by atoms with Gasteiger partial charge < -0.3 is 19.5 Å². The molecular formula is C23H37NO5. The minimum absolute atomic E-state index is 0.0385. The second kappa shape index (κ2) is 12.5. The Morgan fingerprint density at radius 3 is 2.41 bits per heavy atom. The standard InChI is InChI=1S/C23H37NO5/c1-7-11-12-15-23(6,28-10-4)22(26)24-18-13-14-20(29-17(5)8-2)19(16-18)21(25)27-9-3/h13-14,16-17H,7-12,15H2,1-6H3,(H,24,26). The summed E-state index contributed by atoms with van der Waals surface area (Å²) in [5, 5.41) is 2.90. The fraction of sp³-hybridized carbons (Fsp3) is 0.652. The van der Waals surface area contributed by atoms with Gasteiger partial charge in [0.1, 0.15) is 16.9 Å². The first-order valence-electron chi connectivity index (χ1n) is 10.7. The fourth-order valence-electron chi connectivity index (χ4n) is 2.92. The molecule has 0 aliphatic carbocycles. The lowest BCUT2D eigenvalue weighted by atomic mass is 9.96. The predicted octanol–water partition coefficient (Wildman–Crippen LogP) is 5.35. The molecule has 0 spiro atoms. The summed E-state index contributed by atoms with van der Waals surface area (Å²) in [6.07, 6.45) is 4.44. The van der Waals surface area contributed by atoms with E-state index in [0.29, 0.717) is 30.0 Å². The van der Waals surface area contributed by atoms with Crippen molar-refractivity contribution in [2.45, 2.75) is 85.4 Å². The van der Waals surface area contributed by atoms with Crippen molar-refractivity contribution in [1.82, 2.24) is 0 Å². The second-order valence-electron chi connectivity index (χ2n) is 7.34. The molecule has 0 aliphatic rings. The molecule has 164 valence electrons. The summed E-state index contributed by atoms with van der Waals surface area (Å²) < 4.78 is 16.8. The van der Waals surface area contributed by atoms with Crippen LogP contribution in [0.3, 0.4) is 0 Å². The number of benzene rings is 1. The number of unbranched alkanes of at least 4 members (excludes halogenated alkanes) is 2. The quantitative estimate of drug-likeness (QED) is 0.352. The molecule has 0 fully saturated rings. The molecule has 0 heterocycles. The van der Waals surface area contributed by atoms with Gasteiger partial charge in [0.25, 0.3) is 5.91 Å². The summed E-state index contributed by atoms with van der Waals surface area (Å²) in [5.74, 6) is -0.246. The van der Waals surface area contributed by atoms with Crippen molar-refractivity contribution >= 4 is 17.6 Å². The number of carbonyl (C=O) groups excluding carboxylic acids is 2. The average molecular weight is 408 g/mol. The van der Waals surface area contributed by atoms with Crippen molar-refractivity contribution in [3.8, 4) is 5.75 Å². The summed E-state index contributed by atoms with van der Waals surface area (Å²) >= 11 is 0. The summed E-state index contributed by atoms with van der Waals surface area (Å²) in [4.78, 5) is 25.4. The Morgan fingerprint density at radius 1 is 1.10 bits per heavy atom. The molecule has 6 nitrogen and oxygen atoms in total. The molecule has 0 bridgehead atoms. The zero-order valence-corrected chi connectivity index (χ0v) is 18.8. The molecule has 1 aromatic carbocycles.